The fraction of sp³-hybridized carbons (Fsp3) is 0.786. The highest BCUT2D eigenvalue weighted by molar-refractivity contribution is 7.74. The minimum absolute atomic E-state index is 0.00125. The van der Waals surface area contributed by atoms with Crippen molar-refractivity contribution in [3.63, 3.8) is 0 Å². The SMILES string of the molecule is CCOP(=O)(OCC)C(=[N+]=[N-])C(=O)N(CCC(=O)OC)C(C)(C)C. The molecule has 9 nitrogen and oxygen atoms in total. The number of nitrogens with zero attached hydrogens (tertiary/aromatic N) is 3. The summed E-state index contributed by atoms with van der Waals surface area (Å²) in [6, 6.07) is 0. The average molecular weight is 363 g/mol. The molecule has 0 aromatic heterocycles. The fourth-order valence-corrected chi connectivity index (χ4v) is 3.35. The molecule has 0 spiro atoms. The first-order valence-electron chi connectivity index (χ1n) is 7.57. The third-order valence-electron chi connectivity index (χ3n) is 2.97. The van der Waals surface area contributed by atoms with Gasteiger partial charge in [-0.3, -0.25) is 9.59 Å². The monoisotopic (exact) mass is 363 g/mol. The second kappa shape index (κ2) is 9.69. The summed E-state index contributed by atoms with van der Waals surface area (Å²) in [6.07, 6.45) is -0.0637. The van der Waals surface area contributed by atoms with Crippen LogP contribution in [0.15, 0.2) is 0 Å². The summed E-state index contributed by atoms with van der Waals surface area (Å²) in [5.74, 6) is -1.34. The molecule has 0 fully saturated rings. The summed E-state index contributed by atoms with van der Waals surface area (Å²) in [5.41, 5.74) is 7.79. The molecule has 0 atom stereocenters. The molecule has 0 aliphatic rings. The van der Waals surface area contributed by atoms with Crippen molar-refractivity contribution >= 4 is 24.9 Å². The van der Waals surface area contributed by atoms with E-state index in [1.165, 1.54) is 12.0 Å². The maximum Gasteiger partial charge on any atom is 0.465 e. The maximum absolute atomic E-state index is 12.8. The van der Waals surface area contributed by atoms with Gasteiger partial charge >= 0.3 is 24.9 Å². The predicted molar refractivity (Wildman–Crippen MR) is 87.6 cm³/mol. The number of hydrogen-bond acceptors (Lipinski definition) is 6. The normalized spacial score (nSPS) is 11.6. The van der Waals surface area contributed by atoms with Crippen LogP contribution in [0.25, 0.3) is 5.53 Å². The second-order valence-corrected chi connectivity index (χ2v) is 7.65. The van der Waals surface area contributed by atoms with E-state index in [0.717, 1.165) is 0 Å². The summed E-state index contributed by atoms with van der Waals surface area (Å²) < 4.78 is 27.4. The number of rotatable bonds is 9. The molecule has 0 bridgehead atoms. The lowest BCUT2D eigenvalue weighted by atomic mass is 10.1. The number of carbonyl (C=O) groups excluding carboxylic acids is 2. The molecular weight excluding hydrogens is 337 g/mol. The van der Waals surface area contributed by atoms with Gasteiger partial charge in [0.1, 0.15) is 0 Å². The highest BCUT2D eigenvalue weighted by atomic mass is 31.2. The van der Waals surface area contributed by atoms with Crippen LogP contribution in [0.1, 0.15) is 41.0 Å². The van der Waals surface area contributed by atoms with Crippen molar-refractivity contribution in [2.24, 2.45) is 0 Å². The zero-order valence-electron chi connectivity index (χ0n) is 15.1. The van der Waals surface area contributed by atoms with E-state index < -0.39 is 30.5 Å². The first-order chi connectivity index (χ1) is 11.1. The van der Waals surface area contributed by atoms with Crippen molar-refractivity contribution in [1.29, 1.82) is 0 Å². The number of hydrogen-bond donors (Lipinski definition) is 0. The van der Waals surface area contributed by atoms with Crippen molar-refractivity contribution < 1.29 is 32.7 Å². The van der Waals surface area contributed by atoms with E-state index in [4.69, 9.17) is 9.05 Å². The first kappa shape index (κ1) is 22.5. The van der Waals surface area contributed by atoms with Gasteiger partial charge in [-0.2, -0.15) is 4.79 Å². The van der Waals surface area contributed by atoms with Gasteiger partial charge in [0, 0.05) is 12.1 Å². The van der Waals surface area contributed by atoms with Crippen LogP contribution < -0.4 is 0 Å². The van der Waals surface area contributed by atoms with E-state index in [9.17, 15) is 19.7 Å². The Labute approximate surface area is 142 Å². The molecule has 0 aromatic rings. The van der Waals surface area contributed by atoms with E-state index >= 15 is 0 Å². The predicted octanol–water partition coefficient (Wildman–Crippen LogP) is 2.07. The Morgan fingerprint density at radius 1 is 1.17 bits per heavy atom. The van der Waals surface area contributed by atoms with Crippen molar-refractivity contribution in [1.82, 2.24) is 4.90 Å². The zero-order chi connectivity index (χ0) is 19.0. The molecule has 24 heavy (non-hydrogen) atoms. The van der Waals surface area contributed by atoms with Crippen LogP contribution in [-0.4, -0.2) is 59.4 Å². The minimum atomic E-state index is -4.07. The van der Waals surface area contributed by atoms with Gasteiger partial charge in [-0.15, -0.1) is 0 Å². The van der Waals surface area contributed by atoms with Gasteiger partial charge in [0.15, 0.2) is 0 Å². The Bertz CT molecular complexity index is 541. The van der Waals surface area contributed by atoms with Gasteiger partial charge < -0.3 is 24.2 Å². The summed E-state index contributed by atoms with van der Waals surface area (Å²) in [6.45, 7) is 8.32. The fourth-order valence-electron chi connectivity index (χ4n) is 1.88. The summed E-state index contributed by atoms with van der Waals surface area (Å²) in [7, 11) is -2.83. The van der Waals surface area contributed by atoms with Crippen LogP contribution >= 0.6 is 7.60 Å². The Hall–Kier alpha value is -1.53. The number of methoxy groups -OCH3 is 1. The smallest absolute Gasteiger partial charge is 0.465 e. The zero-order valence-corrected chi connectivity index (χ0v) is 16.0. The van der Waals surface area contributed by atoms with Gasteiger partial charge in [-0.25, -0.2) is 4.57 Å². The van der Waals surface area contributed by atoms with Gasteiger partial charge in [0.2, 0.25) is 0 Å². The average Bonchev–Trinajstić information content (AvgIpc) is 2.46. The molecule has 138 valence electrons. The van der Waals surface area contributed by atoms with Gasteiger partial charge in [-0.05, 0) is 34.6 Å². The molecule has 0 unspecified atom stereocenters. The summed E-state index contributed by atoms with van der Waals surface area (Å²) in [4.78, 5) is 28.3. The lowest BCUT2D eigenvalue weighted by molar-refractivity contribution is -0.142. The molecule has 0 heterocycles. The Morgan fingerprint density at radius 2 is 1.67 bits per heavy atom. The molecule has 0 rings (SSSR count). The number of amides is 1. The highest BCUT2D eigenvalue weighted by Gasteiger charge is 2.49. The van der Waals surface area contributed by atoms with E-state index in [1.54, 1.807) is 34.6 Å². The molecule has 0 aromatic carbocycles. The number of ether oxygens (including phenoxy) is 1. The van der Waals surface area contributed by atoms with E-state index in [-0.39, 0.29) is 26.2 Å². The maximum atomic E-state index is 12.8. The molecule has 1 amide bonds. The molecule has 0 saturated heterocycles. The highest BCUT2D eigenvalue weighted by Crippen LogP contribution is 2.49. The minimum Gasteiger partial charge on any atom is -0.469 e. The molecular formula is C14H26N3O6P. The van der Waals surface area contributed by atoms with Crippen molar-refractivity contribution in [3.8, 4) is 0 Å². The standard InChI is InChI=1S/C14H26N3O6P/c1-7-22-24(20,23-8-2)12(16-15)13(19)17(14(3,4)5)10-9-11(18)21-6/h7-10H2,1-6H3. The van der Waals surface area contributed by atoms with E-state index in [2.05, 4.69) is 9.53 Å². The molecule has 0 aliphatic heterocycles. The van der Waals surface area contributed by atoms with E-state index in [1.807, 2.05) is 0 Å². The van der Waals surface area contributed by atoms with Crippen LogP contribution in [0.5, 0.6) is 0 Å². The second-order valence-electron chi connectivity index (χ2n) is 5.71. The van der Waals surface area contributed by atoms with Crippen molar-refractivity contribution in [3.05, 3.63) is 5.53 Å². The molecule has 0 radical (unpaired) electrons. The molecule has 10 heteroatoms. The molecule has 0 aliphatic carbocycles. The van der Waals surface area contributed by atoms with Crippen LogP contribution in [0.3, 0.4) is 0 Å². The Kier molecular flexibility index (Phi) is 9.07. The first-order valence-corrected chi connectivity index (χ1v) is 9.12. The lowest BCUT2D eigenvalue weighted by Gasteiger charge is -2.34. The summed E-state index contributed by atoms with van der Waals surface area (Å²) >= 11 is 0. The molecule has 0 N–H and O–H groups in total. The third-order valence-corrected chi connectivity index (χ3v) is 4.96. The summed E-state index contributed by atoms with van der Waals surface area (Å²) in [5, 5.41) is 0. The number of esters is 1. The van der Waals surface area contributed by atoms with Gasteiger partial charge in [0.05, 0.1) is 26.7 Å². The van der Waals surface area contributed by atoms with Crippen LogP contribution in [-0.2, 0) is 27.9 Å². The molecule has 0 saturated carbocycles. The Morgan fingerprint density at radius 3 is 2.00 bits per heavy atom. The topological polar surface area (TPSA) is 119 Å². The number of carbonyl (C=O) groups is 2. The lowest BCUT2D eigenvalue weighted by Crippen LogP contribution is -2.49. The van der Waals surface area contributed by atoms with Crippen LogP contribution in [0.2, 0.25) is 0 Å². The van der Waals surface area contributed by atoms with Crippen molar-refractivity contribution in [2.75, 3.05) is 26.9 Å². The van der Waals surface area contributed by atoms with E-state index in [0.29, 0.717) is 0 Å². The van der Waals surface area contributed by atoms with Gasteiger partial charge in [0.25, 0.3) is 0 Å². The quantitative estimate of drug-likeness (QED) is 0.203. The Balaban J connectivity index is 5.69. The van der Waals surface area contributed by atoms with Crippen LogP contribution in [0.4, 0.5) is 0 Å². The van der Waals surface area contributed by atoms with Gasteiger partial charge in [-0.1, -0.05) is 0 Å². The van der Waals surface area contributed by atoms with Crippen LogP contribution in [0, 0.1) is 0 Å². The van der Waals surface area contributed by atoms with Crippen molar-refractivity contribution in [2.45, 2.75) is 46.6 Å². The third kappa shape index (κ3) is 6.17. The largest absolute Gasteiger partial charge is 0.469 e.